The van der Waals surface area contributed by atoms with Crippen molar-refractivity contribution in [2.24, 2.45) is 0 Å². The van der Waals surface area contributed by atoms with Crippen molar-refractivity contribution in [2.75, 3.05) is 11.5 Å². The molecule has 94 valence electrons. The van der Waals surface area contributed by atoms with Gasteiger partial charge in [-0.3, -0.25) is 0 Å². The molecule has 4 N–H and O–H groups in total. The van der Waals surface area contributed by atoms with E-state index in [1.54, 1.807) is 18.2 Å². The van der Waals surface area contributed by atoms with E-state index in [1.807, 2.05) is 0 Å². The predicted octanol–water partition coefficient (Wildman–Crippen LogP) is 4.32. The standard InChI is InChI=1S/C12H8Br2F2N2/c13-5-1-2-7(14)6(3-5)10-11(16)8(15)4-9(17)12(10)18/h1-4H,17-18H2. The van der Waals surface area contributed by atoms with E-state index in [-0.39, 0.29) is 16.9 Å². The van der Waals surface area contributed by atoms with Gasteiger partial charge < -0.3 is 11.5 Å². The Morgan fingerprint density at radius 1 is 1.00 bits per heavy atom. The number of rotatable bonds is 1. The summed E-state index contributed by atoms with van der Waals surface area (Å²) in [5.41, 5.74) is 11.7. The average Bonchev–Trinajstić information content (AvgIpc) is 2.31. The summed E-state index contributed by atoms with van der Waals surface area (Å²) in [5, 5.41) is 0. The Balaban J connectivity index is 2.82. The van der Waals surface area contributed by atoms with Crippen LogP contribution >= 0.6 is 31.9 Å². The minimum absolute atomic E-state index is 0.00998. The molecule has 0 bridgehead atoms. The van der Waals surface area contributed by atoms with Crippen molar-refractivity contribution in [1.29, 1.82) is 0 Å². The highest BCUT2D eigenvalue weighted by atomic mass is 79.9. The average molecular weight is 378 g/mol. The van der Waals surface area contributed by atoms with E-state index in [1.165, 1.54) is 0 Å². The first-order valence-corrected chi connectivity index (χ1v) is 6.48. The van der Waals surface area contributed by atoms with Crippen LogP contribution < -0.4 is 11.5 Å². The molecule has 0 unspecified atom stereocenters. The SMILES string of the molecule is Nc1cc(F)c(F)c(-c2cc(Br)ccc2Br)c1N. The largest absolute Gasteiger partial charge is 0.397 e. The van der Waals surface area contributed by atoms with E-state index < -0.39 is 11.6 Å². The normalized spacial score (nSPS) is 10.7. The molecule has 0 atom stereocenters. The lowest BCUT2D eigenvalue weighted by molar-refractivity contribution is 0.512. The van der Waals surface area contributed by atoms with Gasteiger partial charge in [-0.05, 0) is 18.2 Å². The summed E-state index contributed by atoms with van der Waals surface area (Å²) >= 11 is 6.55. The number of benzene rings is 2. The first-order chi connectivity index (χ1) is 8.41. The van der Waals surface area contributed by atoms with Crippen molar-refractivity contribution < 1.29 is 8.78 Å². The second kappa shape index (κ2) is 4.85. The lowest BCUT2D eigenvalue weighted by atomic mass is 10.0. The predicted molar refractivity (Wildman–Crippen MR) is 76.0 cm³/mol. The summed E-state index contributed by atoms with van der Waals surface area (Å²) in [6.07, 6.45) is 0. The van der Waals surface area contributed by atoms with Gasteiger partial charge in [0, 0.05) is 26.1 Å². The summed E-state index contributed by atoms with van der Waals surface area (Å²) in [7, 11) is 0. The molecule has 2 aromatic rings. The number of hydrogen-bond acceptors (Lipinski definition) is 2. The molecular weight excluding hydrogens is 370 g/mol. The fourth-order valence-corrected chi connectivity index (χ4v) is 2.42. The zero-order valence-corrected chi connectivity index (χ0v) is 12.1. The van der Waals surface area contributed by atoms with E-state index in [0.29, 0.717) is 10.0 Å². The highest BCUT2D eigenvalue weighted by Crippen LogP contribution is 2.39. The van der Waals surface area contributed by atoms with Crippen molar-refractivity contribution in [1.82, 2.24) is 0 Å². The summed E-state index contributed by atoms with van der Waals surface area (Å²) in [4.78, 5) is 0. The van der Waals surface area contributed by atoms with E-state index in [2.05, 4.69) is 31.9 Å². The van der Waals surface area contributed by atoms with Crippen LogP contribution in [0.1, 0.15) is 0 Å². The van der Waals surface area contributed by atoms with Crippen LogP contribution in [-0.4, -0.2) is 0 Å². The van der Waals surface area contributed by atoms with Gasteiger partial charge in [0.2, 0.25) is 0 Å². The maximum atomic E-state index is 13.9. The Hall–Kier alpha value is -1.14. The van der Waals surface area contributed by atoms with Gasteiger partial charge in [-0.15, -0.1) is 0 Å². The Bertz CT molecular complexity index is 604. The van der Waals surface area contributed by atoms with Crippen LogP contribution in [0.15, 0.2) is 33.2 Å². The fraction of sp³-hybridized carbons (Fsp3) is 0. The van der Waals surface area contributed by atoms with Gasteiger partial charge in [-0.25, -0.2) is 8.78 Å². The van der Waals surface area contributed by atoms with Gasteiger partial charge in [0.25, 0.3) is 0 Å². The van der Waals surface area contributed by atoms with Gasteiger partial charge in [0.1, 0.15) is 0 Å². The van der Waals surface area contributed by atoms with Gasteiger partial charge in [-0.1, -0.05) is 31.9 Å². The molecule has 0 aliphatic rings. The molecule has 0 saturated heterocycles. The number of anilines is 2. The van der Waals surface area contributed by atoms with Gasteiger partial charge in [-0.2, -0.15) is 0 Å². The quantitative estimate of drug-likeness (QED) is 0.727. The molecule has 0 radical (unpaired) electrons. The van der Waals surface area contributed by atoms with Crippen molar-refractivity contribution in [2.45, 2.75) is 0 Å². The van der Waals surface area contributed by atoms with E-state index in [0.717, 1.165) is 10.5 Å². The van der Waals surface area contributed by atoms with Crippen molar-refractivity contribution in [3.8, 4) is 11.1 Å². The molecule has 0 heterocycles. The molecule has 6 heteroatoms. The van der Waals surface area contributed by atoms with Gasteiger partial charge in [0.05, 0.1) is 11.4 Å². The summed E-state index contributed by atoms with van der Waals surface area (Å²) in [5.74, 6) is -2.04. The summed E-state index contributed by atoms with van der Waals surface area (Å²) in [6, 6.07) is 5.99. The molecule has 0 aliphatic heterocycles. The molecule has 2 aromatic carbocycles. The Kier molecular flexibility index (Phi) is 3.59. The van der Waals surface area contributed by atoms with Crippen molar-refractivity contribution in [3.63, 3.8) is 0 Å². The molecule has 0 aliphatic carbocycles. The maximum Gasteiger partial charge on any atom is 0.168 e. The maximum absolute atomic E-state index is 13.9. The van der Waals surface area contributed by atoms with Gasteiger partial charge >= 0.3 is 0 Å². The lowest BCUT2D eigenvalue weighted by Gasteiger charge is -2.12. The first-order valence-electron chi connectivity index (χ1n) is 4.90. The first kappa shape index (κ1) is 13.3. The zero-order chi connectivity index (χ0) is 13.4. The van der Waals surface area contributed by atoms with Crippen LogP contribution in [0.25, 0.3) is 11.1 Å². The smallest absolute Gasteiger partial charge is 0.168 e. The minimum Gasteiger partial charge on any atom is -0.397 e. The molecular formula is C12H8Br2F2N2. The van der Waals surface area contributed by atoms with Crippen LogP contribution in [0.3, 0.4) is 0 Å². The molecule has 0 amide bonds. The van der Waals surface area contributed by atoms with Crippen LogP contribution in [-0.2, 0) is 0 Å². The Morgan fingerprint density at radius 3 is 2.33 bits per heavy atom. The highest BCUT2D eigenvalue weighted by molar-refractivity contribution is 9.11. The van der Waals surface area contributed by atoms with E-state index in [9.17, 15) is 8.78 Å². The number of nitrogens with two attached hydrogens (primary N) is 2. The Labute approximate surface area is 119 Å². The van der Waals surface area contributed by atoms with E-state index >= 15 is 0 Å². The molecule has 0 saturated carbocycles. The summed E-state index contributed by atoms with van der Waals surface area (Å²) in [6.45, 7) is 0. The number of nitrogen functional groups attached to an aromatic ring is 2. The topological polar surface area (TPSA) is 52.0 Å². The molecule has 0 spiro atoms. The van der Waals surface area contributed by atoms with Crippen LogP contribution in [0.5, 0.6) is 0 Å². The number of hydrogen-bond donors (Lipinski definition) is 2. The Morgan fingerprint density at radius 2 is 1.67 bits per heavy atom. The van der Waals surface area contributed by atoms with Gasteiger partial charge in [0.15, 0.2) is 11.6 Å². The molecule has 2 nitrogen and oxygen atoms in total. The van der Waals surface area contributed by atoms with E-state index in [4.69, 9.17) is 11.5 Å². The van der Waals surface area contributed by atoms with Crippen LogP contribution in [0, 0.1) is 11.6 Å². The fourth-order valence-electron chi connectivity index (χ4n) is 1.61. The monoisotopic (exact) mass is 376 g/mol. The lowest BCUT2D eigenvalue weighted by Crippen LogP contribution is -2.02. The second-order valence-corrected chi connectivity index (χ2v) is 5.44. The molecule has 0 aromatic heterocycles. The van der Waals surface area contributed by atoms with Crippen molar-refractivity contribution in [3.05, 3.63) is 44.8 Å². The third-order valence-electron chi connectivity index (χ3n) is 2.49. The highest BCUT2D eigenvalue weighted by Gasteiger charge is 2.19. The minimum atomic E-state index is -1.02. The molecule has 2 rings (SSSR count). The molecule has 0 fully saturated rings. The summed E-state index contributed by atoms with van der Waals surface area (Å²) < 4.78 is 28.6. The zero-order valence-electron chi connectivity index (χ0n) is 8.98. The third-order valence-corrected chi connectivity index (χ3v) is 3.67. The third kappa shape index (κ3) is 2.22. The number of halogens is 4. The van der Waals surface area contributed by atoms with Crippen LogP contribution in [0.2, 0.25) is 0 Å². The second-order valence-electron chi connectivity index (χ2n) is 3.67. The van der Waals surface area contributed by atoms with Crippen molar-refractivity contribution >= 4 is 43.2 Å². The van der Waals surface area contributed by atoms with Crippen LogP contribution in [0.4, 0.5) is 20.2 Å². The molecule has 18 heavy (non-hydrogen) atoms.